The van der Waals surface area contributed by atoms with Crippen molar-refractivity contribution in [2.45, 2.75) is 85.0 Å². The molecule has 42 heavy (non-hydrogen) atoms. The van der Waals surface area contributed by atoms with E-state index in [9.17, 15) is 9.59 Å². The van der Waals surface area contributed by atoms with Crippen LogP contribution in [0.25, 0.3) is 11.1 Å². The maximum Gasteiger partial charge on any atom is 0.516 e. The summed E-state index contributed by atoms with van der Waals surface area (Å²) in [6, 6.07) is 22.8. The fourth-order valence-electron chi connectivity index (χ4n) is 4.56. The van der Waals surface area contributed by atoms with Gasteiger partial charge in [0, 0.05) is 5.56 Å². The molecule has 0 aromatic heterocycles. The van der Waals surface area contributed by atoms with Gasteiger partial charge in [-0.05, 0) is 71.9 Å². The van der Waals surface area contributed by atoms with Crippen LogP contribution in [0.2, 0.25) is 0 Å². The summed E-state index contributed by atoms with van der Waals surface area (Å²) in [4.78, 5) is 24.1. The number of rotatable bonds is 16. The normalized spacial score (nSPS) is 11.5. The van der Waals surface area contributed by atoms with Gasteiger partial charge in [0.05, 0.1) is 12.2 Å². The first-order valence-corrected chi connectivity index (χ1v) is 15.7. The number of unbranched alkanes of at least 4 members (excludes halogenated alkanes) is 7. The molecular formula is C36H44O5S. The second-order valence-electron chi connectivity index (χ2n) is 10.8. The van der Waals surface area contributed by atoms with Crippen LogP contribution in [0.5, 0.6) is 5.75 Å². The highest BCUT2D eigenvalue weighted by molar-refractivity contribution is 7.80. The van der Waals surface area contributed by atoms with Gasteiger partial charge in [0.15, 0.2) is 5.05 Å². The summed E-state index contributed by atoms with van der Waals surface area (Å²) in [6.45, 7) is 6.43. The van der Waals surface area contributed by atoms with Gasteiger partial charge in [-0.15, -0.1) is 0 Å². The Kier molecular flexibility index (Phi) is 14.2. The Bertz CT molecular complexity index is 1270. The van der Waals surface area contributed by atoms with Gasteiger partial charge < -0.3 is 14.2 Å². The summed E-state index contributed by atoms with van der Waals surface area (Å²) in [6.07, 6.45) is 11.2. The third-order valence-electron chi connectivity index (χ3n) is 7.41. The molecule has 0 saturated heterocycles. The largest absolute Gasteiger partial charge is 0.516 e. The first-order valence-electron chi connectivity index (χ1n) is 15.3. The number of hydrogen-bond acceptors (Lipinski definition) is 6. The molecule has 0 aliphatic heterocycles. The molecule has 0 aliphatic carbocycles. The molecule has 0 N–H and O–H groups in total. The summed E-state index contributed by atoms with van der Waals surface area (Å²) >= 11 is 5.68. The Balaban J connectivity index is 1.50. The zero-order valence-electron chi connectivity index (χ0n) is 25.2. The maximum atomic E-state index is 12.3. The lowest BCUT2D eigenvalue weighted by atomic mass is 10.0. The molecule has 0 spiro atoms. The van der Waals surface area contributed by atoms with Gasteiger partial charge in [-0.2, -0.15) is 0 Å². The van der Waals surface area contributed by atoms with E-state index in [0.717, 1.165) is 36.0 Å². The minimum Gasteiger partial charge on any atom is -0.445 e. The van der Waals surface area contributed by atoms with Crippen LogP contribution in [-0.2, 0) is 15.9 Å². The molecule has 3 aromatic rings. The lowest BCUT2D eigenvalue weighted by Crippen LogP contribution is -2.17. The highest BCUT2D eigenvalue weighted by Gasteiger charge is 2.15. The van der Waals surface area contributed by atoms with Crippen molar-refractivity contribution in [1.82, 2.24) is 0 Å². The average molecular weight is 589 g/mol. The molecule has 0 amide bonds. The Morgan fingerprint density at radius 2 is 1.36 bits per heavy atom. The van der Waals surface area contributed by atoms with Crippen LogP contribution < -0.4 is 4.74 Å². The van der Waals surface area contributed by atoms with Crippen molar-refractivity contribution in [2.24, 2.45) is 5.92 Å². The number of carbonyl (C=O) groups is 2. The third-order valence-corrected chi connectivity index (χ3v) is 7.72. The monoisotopic (exact) mass is 588 g/mol. The van der Waals surface area contributed by atoms with E-state index in [1.165, 1.54) is 50.5 Å². The van der Waals surface area contributed by atoms with Crippen molar-refractivity contribution in [3.63, 3.8) is 0 Å². The van der Waals surface area contributed by atoms with E-state index in [4.69, 9.17) is 26.4 Å². The van der Waals surface area contributed by atoms with E-state index in [2.05, 4.69) is 19.1 Å². The van der Waals surface area contributed by atoms with E-state index in [-0.39, 0.29) is 18.1 Å². The van der Waals surface area contributed by atoms with E-state index < -0.39 is 12.1 Å². The van der Waals surface area contributed by atoms with Gasteiger partial charge in [-0.3, -0.25) is 0 Å². The highest BCUT2D eigenvalue weighted by Crippen LogP contribution is 2.25. The molecule has 0 unspecified atom stereocenters. The lowest BCUT2D eigenvalue weighted by Gasteiger charge is -2.12. The molecular weight excluding hydrogens is 544 g/mol. The topological polar surface area (TPSA) is 61.8 Å². The predicted molar refractivity (Wildman–Crippen MR) is 173 cm³/mol. The van der Waals surface area contributed by atoms with Crippen molar-refractivity contribution in [1.29, 1.82) is 0 Å². The van der Waals surface area contributed by atoms with Crippen molar-refractivity contribution < 1.29 is 23.8 Å². The molecule has 3 aromatic carbocycles. The van der Waals surface area contributed by atoms with E-state index in [1.54, 1.807) is 12.1 Å². The number of ether oxygens (including phenoxy) is 3. The summed E-state index contributed by atoms with van der Waals surface area (Å²) < 4.78 is 15.9. The smallest absolute Gasteiger partial charge is 0.445 e. The molecule has 0 bridgehead atoms. The van der Waals surface area contributed by atoms with Crippen LogP contribution in [0.15, 0.2) is 72.8 Å². The van der Waals surface area contributed by atoms with E-state index in [0.29, 0.717) is 10.8 Å². The van der Waals surface area contributed by atoms with Crippen LogP contribution in [0.4, 0.5) is 4.79 Å². The minimum atomic E-state index is -0.978. The fourth-order valence-corrected chi connectivity index (χ4v) is 4.85. The van der Waals surface area contributed by atoms with Crippen LogP contribution >= 0.6 is 12.2 Å². The minimum absolute atomic E-state index is 0.208. The quantitative estimate of drug-likeness (QED) is 0.0718. The number of hydrogen-bond donors (Lipinski definition) is 0. The van der Waals surface area contributed by atoms with Crippen molar-refractivity contribution in [3.05, 3.63) is 89.5 Å². The third kappa shape index (κ3) is 11.1. The van der Waals surface area contributed by atoms with Crippen LogP contribution in [0.1, 0.15) is 100 Å². The number of benzene rings is 3. The average Bonchev–Trinajstić information content (AvgIpc) is 3.01. The van der Waals surface area contributed by atoms with Crippen molar-refractivity contribution in [3.8, 4) is 16.9 Å². The van der Waals surface area contributed by atoms with Gasteiger partial charge in [-0.1, -0.05) is 121 Å². The summed E-state index contributed by atoms with van der Waals surface area (Å²) in [7, 11) is 0. The molecule has 0 aliphatic rings. The Morgan fingerprint density at radius 1 is 0.762 bits per heavy atom. The van der Waals surface area contributed by atoms with E-state index in [1.807, 2.05) is 62.4 Å². The SMILES string of the molecule is CCCCCCCCCCc1ccccc1C(=S)Oc1ccc(-c2ccc(C(=O)OC(=O)OC[C@@H](C)CC)cc2)cc1. The van der Waals surface area contributed by atoms with Crippen molar-refractivity contribution in [2.75, 3.05) is 6.61 Å². The first-order chi connectivity index (χ1) is 20.4. The van der Waals surface area contributed by atoms with Crippen LogP contribution in [0, 0.1) is 5.92 Å². The Morgan fingerprint density at radius 3 is 2.00 bits per heavy atom. The lowest BCUT2D eigenvalue weighted by molar-refractivity contribution is 0.0342. The zero-order valence-corrected chi connectivity index (χ0v) is 26.0. The Labute approximate surface area is 256 Å². The number of esters is 1. The molecule has 0 heterocycles. The fraction of sp³-hybridized carbons (Fsp3) is 0.417. The highest BCUT2D eigenvalue weighted by atomic mass is 32.1. The molecule has 1 atom stereocenters. The van der Waals surface area contributed by atoms with E-state index >= 15 is 0 Å². The zero-order chi connectivity index (χ0) is 30.2. The second kappa shape index (κ2) is 18.1. The van der Waals surface area contributed by atoms with Gasteiger partial charge in [-0.25, -0.2) is 9.59 Å². The molecule has 224 valence electrons. The Hall–Kier alpha value is -3.51. The molecule has 3 rings (SSSR count). The number of carbonyl (C=O) groups excluding carboxylic acids is 2. The van der Waals surface area contributed by atoms with Gasteiger partial charge in [0.1, 0.15) is 5.75 Å². The number of thiocarbonyl (C=S) groups is 1. The standard InChI is InChI=1S/C36H44O5S/c1-4-6-7-8-9-10-11-12-15-30-16-13-14-17-33(30)35(42)40-32-24-22-29(23-25-32)28-18-20-31(21-19-28)34(37)41-36(38)39-26-27(3)5-2/h13-14,16-25,27H,4-12,15,26H2,1-3H3/t27-/m0/s1. The van der Waals surface area contributed by atoms with Gasteiger partial charge in [0.25, 0.3) is 0 Å². The molecule has 5 nitrogen and oxygen atoms in total. The second-order valence-corrected chi connectivity index (χ2v) is 11.2. The molecule has 0 radical (unpaired) electrons. The number of aryl methyl sites for hydroxylation is 1. The summed E-state index contributed by atoms with van der Waals surface area (Å²) in [5.41, 5.74) is 4.35. The predicted octanol–water partition coefficient (Wildman–Crippen LogP) is 10.1. The van der Waals surface area contributed by atoms with Crippen LogP contribution in [0.3, 0.4) is 0 Å². The first kappa shape index (κ1) is 33.0. The van der Waals surface area contributed by atoms with Gasteiger partial charge in [0.2, 0.25) is 0 Å². The molecule has 0 saturated carbocycles. The summed E-state index contributed by atoms with van der Waals surface area (Å²) in [5.74, 6) is 0.136. The van der Waals surface area contributed by atoms with Crippen molar-refractivity contribution >= 4 is 29.4 Å². The molecule has 6 heteroatoms. The van der Waals surface area contributed by atoms with Gasteiger partial charge >= 0.3 is 12.1 Å². The maximum absolute atomic E-state index is 12.3. The summed E-state index contributed by atoms with van der Waals surface area (Å²) in [5, 5.41) is 0.475. The van der Waals surface area contributed by atoms with Crippen LogP contribution in [-0.4, -0.2) is 23.8 Å². The molecule has 0 fully saturated rings.